The van der Waals surface area contributed by atoms with Gasteiger partial charge in [0.2, 0.25) is 5.91 Å². The second kappa shape index (κ2) is 6.47. The summed E-state index contributed by atoms with van der Waals surface area (Å²) in [6, 6.07) is 4.93. The van der Waals surface area contributed by atoms with E-state index in [4.69, 9.17) is 16.3 Å². The molecule has 0 aliphatic rings. The number of rotatable bonds is 5. The van der Waals surface area contributed by atoms with Crippen LogP contribution >= 0.6 is 11.6 Å². The van der Waals surface area contributed by atoms with Gasteiger partial charge in [0, 0.05) is 7.05 Å². The highest BCUT2D eigenvalue weighted by atomic mass is 35.5. The lowest BCUT2D eigenvalue weighted by Crippen LogP contribution is -2.33. The fourth-order valence-electron chi connectivity index (χ4n) is 1.56. The summed E-state index contributed by atoms with van der Waals surface area (Å²) in [4.78, 5) is 11.6. The Balaban J connectivity index is 2.98. The van der Waals surface area contributed by atoms with Crippen molar-refractivity contribution in [2.75, 3.05) is 20.7 Å². The fourth-order valence-corrected chi connectivity index (χ4v) is 1.81. The van der Waals surface area contributed by atoms with Crippen LogP contribution in [0, 0.1) is 0 Å². The number of halogens is 1. The Morgan fingerprint density at radius 3 is 2.65 bits per heavy atom. The van der Waals surface area contributed by atoms with Gasteiger partial charge >= 0.3 is 0 Å². The summed E-state index contributed by atoms with van der Waals surface area (Å²) >= 11 is 6.07. The minimum Gasteiger partial charge on any atom is -0.492 e. The third-order valence-corrected chi connectivity index (χ3v) is 2.68. The first-order valence-electron chi connectivity index (χ1n) is 5.45. The summed E-state index contributed by atoms with van der Waals surface area (Å²) in [7, 11) is 3.33. The molecule has 0 saturated carbocycles. The molecule has 0 fully saturated rings. The lowest BCUT2D eigenvalue weighted by molar-refractivity contribution is -0.122. The normalized spacial score (nSPS) is 12.0. The molecular formula is C12H17ClN2O2. The zero-order chi connectivity index (χ0) is 12.8. The number of benzene rings is 1. The molecule has 2 N–H and O–H groups in total. The van der Waals surface area contributed by atoms with Gasteiger partial charge in [0.25, 0.3) is 0 Å². The fraction of sp³-hybridized carbons (Fsp3) is 0.417. The molecule has 0 bridgehead atoms. The molecule has 0 heterocycles. The number of hydrogen-bond acceptors (Lipinski definition) is 3. The molecule has 5 heteroatoms. The molecule has 1 unspecified atom stereocenters. The number of likely N-dealkylation sites (N-methyl/N-ethyl adjacent to an activating group) is 2. The zero-order valence-electron chi connectivity index (χ0n) is 10.2. The van der Waals surface area contributed by atoms with Crippen LogP contribution in [0.15, 0.2) is 18.2 Å². The van der Waals surface area contributed by atoms with E-state index in [-0.39, 0.29) is 5.91 Å². The molecule has 17 heavy (non-hydrogen) atoms. The maximum atomic E-state index is 11.6. The highest BCUT2D eigenvalue weighted by molar-refractivity contribution is 6.32. The van der Waals surface area contributed by atoms with Gasteiger partial charge in [0.05, 0.1) is 11.6 Å². The SMILES string of the molecule is CCOc1ccc(C(NC)C(=O)NC)cc1Cl. The minimum atomic E-state index is -0.409. The summed E-state index contributed by atoms with van der Waals surface area (Å²) < 4.78 is 5.34. The van der Waals surface area contributed by atoms with E-state index < -0.39 is 6.04 Å². The Hall–Kier alpha value is -1.26. The van der Waals surface area contributed by atoms with Gasteiger partial charge in [0.15, 0.2) is 0 Å². The predicted octanol–water partition coefficient (Wildman–Crippen LogP) is 1.75. The first-order chi connectivity index (χ1) is 8.13. The summed E-state index contributed by atoms with van der Waals surface area (Å²) in [6.07, 6.45) is 0. The van der Waals surface area contributed by atoms with Crippen molar-refractivity contribution in [1.29, 1.82) is 0 Å². The number of nitrogens with one attached hydrogen (secondary N) is 2. The molecule has 1 rings (SSSR count). The Morgan fingerprint density at radius 2 is 2.18 bits per heavy atom. The molecule has 4 nitrogen and oxygen atoms in total. The van der Waals surface area contributed by atoms with Gasteiger partial charge < -0.3 is 15.4 Å². The van der Waals surface area contributed by atoms with Crippen molar-refractivity contribution >= 4 is 17.5 Å². The lowest BCUT2D eigenvalue weighted by atomic mass is 10.1. The first kappa shape index (κ1) is 13.8. The van der Waals surface area contributed by atoms with Crippen molar-refractivity contribution in [1.82, 2.24) is 10.6 Å². The number of carbonyl (C=O) groups excluding carboxylic acids is 1. The van der Waals surface area contributed by atoms with Gasteiger partial charge in [-0.3, -0.25) is 4.79 Å². The summed E-state index contributed by atoms with van der Waals surface area (Å²) in [6.45, 7) is 2.45. The minimum absolute atomic E-state index is 0.104. The number of ether oxygens (including phenoxy) is 1. The van der Waals surface area contributed by atoms with Crippen molar-refractivity contribution in [3.63, 3.8) is 0 Å². The van der Waals surface area contributed by atoms with E-state index in [1.54, 1.807) is 26.2 Å². The number of carbonyl (C=O) groups is 1. The molecule has 94 valence electrons. The van der Waals surface area contributed by atoms with Crippen LogP contribution in [-0.2, 0) is 4.79 Å². The van der Waals surface area contributed by atoms with Gasteiger partial charge in [-0.05, 0) is 31.7 Å². The molecule has 0 spiro atoms. The maximum Gasteiger partial charge on any atom is 0.241 e. The molecule has 0 radical (unpaired) electrons. The predicted molar refractivity (Wildman–Crippen MR) is 68.5 cm³/mol. The van der Waals surface area contributed by atoms with Crippen molar-refractivity contribution in [3.8, 4) is 5.75 Å². The van der Waals surface area contributed by atoms with Crippen LogP contribution in [0.4, 0.5) is 0 Å². The van der Waals surface area contributed by atoms with Crippen LogP contribution in [0.5, 0.6) is 5.75 Å². The highest BCUT2D eigenvalue weighted by Gasteiger charge is 2.18. The Bertz CT molecular complexity index is 396. The quantitative estimate of drug-likeness (QED) is 0.844. The van der Waals surface area contributed by atoms with Crippen LogP contribution in [-0.4, -0.2) is 26.6 Å². The Morgan fingerprint density at radius 1 is 1.47 bits per heavy atom. The van der Waals surface area contributed by atoms with Crippen LogP contribution < -0.4 is 15.4 Å². The monoisotopic (exact) mass is 256 g/mol. The summed E-state index contributed by atoms with van der Waals surface area (Å²) in [5.74, 6) is 0.525. The van der Waals surface area contributed by atoms with Crippen molar-refractivity contribution < 1.29 is 9.53 Å². The van der Waals surface area contributed by atoms with Crippen molar-refractivity contribution in [3.05, 3.63) is 28.8 Å². The average Bonchev–Trinajstić information content (AvgIpc) is 2.33. The van der Waals surface area contributed by atoms with Gasteiger partial charge in [0.1, 0.15) is 11.8 Å². The standard InChI is InChI=1S/C12H17ClN2O2/c1-4-17-10-6-5-8(7-9(10)13)11(14-2)12(16)15-3/h5-7,11,14H,4H2,1-3H3,(H,15,16). The molecule has 0 aliphatic heterocycles. The lowest BCUT2D eigenvalue weighted by Gasteiger charge is -2.16. The number of hydrogen-bond donors (Lipinski definition) is 2. The van der Waals surface area contributed by atoms with Crippen LogP contribution in [0.2, 0.25) is 5.02 Å². The third-order valence-electron chi connectivity index (χ3n) is 2.39. The second-order valence-corrected chi connectivity index (χ2v) is 3.87. The molecule has 1 atom stereocenters. The molecule has 0 aliphatic carbocycles. The van der Waals surface area contributed by atoms with E-state index in [1.165, 1.54) is 0 Å². The highest BCUT2D eigenvalue weighted by Crippen LogP contribution is 2.27. The van der Waals surface area contributed by atoms with Gasteiger partial charge in [-0.15, -0.1) is 0 Å². The topological polar surface area (TPSA) is 50.4 Å². The largest absolute Gasteiger partial charge is 0.492 e. The van der Waals surface area contributed by atoms with E-state index in [1.807, 2.05) is 13.0 Å². The maximum absolute atomic E-state index is 11.6. The van der Waals surface area contributed by atoms with Crippen molar-refractivity contribution in [2.24, 2.45) is 0 Å². The van der Waals surface area contributed by atoms with Crippen LogP contribution in [0.1, 0.15) is 18.5 Å². The van der Waals surface area contributed by atoms with Crippen molar-refractivity contribution in [2.45, 2.75) is 13.0 Å². The molecule has 0 aromatic heterocycles. The Labute approximate surface area is 106 Å². The van der Waals surface area contributed by atoms with Gasteiger partial charge in [-0.25, -0.2) is 0 Å². The molecule has 1 aromatic rings. The summed E-state index contributed by atoms with van der Waals surface area (Å²) in [5, 5.41) is 6.04. The smallest absolute Gasteiger partial charge is 0.241 e. The first-order valence-corrected chi connectivity index (χ1v) is 5.83. The molecule has 1 aromatic carbocycles. The Kier molecular flexibility index (Phi) is 5.25. The summed E-state index contributed by atoms with van der Waals surface area (Å²) in [5.41, 5.74) is 0.806. The number of amides is 1. The molecular weight excluding hydrogens is 240 g/mol. The van der Waals surface area contributed by atoms with Crippen LogP contribution in [0.3, 0.4) is 0 Å². The third kappa shape index (κ3) is 3.35. The van der Waals surface area contributed by atoms with Gasteiger partial charge in [-0.1, -0.05) is 17.7 Å². The zero-order valence-corrected chi connectivity index (χ0v) is 11.0. The average molecular weight is 257 g/mol. The van der Waals surface area contributed by atoms with E-state index >= 15 is 0 Å². The molecule has 0 saturated heterocycles. The second-order valence-electron chi connectivity index (χ2n) is 3.46. The van der Waals surface area contributed by atoms with E-state index in [2.05, 4.69) is 10.6 Å². The van der Waals surface area contributed by atoms with E-state index in [9.17, 15) is 4.79 Å². The van der Waals surface area contributed by atoms with Gasteiger partial charge in [-0.2, -0.15) is 0 Å². The van der Waals surface area contributed by atoms with Crippen LogP contribution in [0.25, 0.3) is 0 Å². The van der Waals surface area contributed by atoms with E-state index in [0.29, 0.717) is 17.4 Å². The molecule has 1 amide bonds. The van der Waals surface area contributed by atoms with E-state index in [0.717, 1.165) is 5.56 Å².